The van der Waals surface area contributed by atoms with Crippen LogP contribution in [-0.2, 0) is 4.79 Å². The van der Waals surface area contributed by atoms with Crippen LogP contribution in [0.15, 0.2) is 0 Å². The van der Waals surface area contributed by atoms with Crippen LogP contribution in [0.3, 0.4) is 0 Å². The molecule has 106 valence electrons. The van der Waals surface area contributed by atoms with Crippen molar-refractivity contribution in [2.45, 2.75) is 71.0 Å². The van der Waals surface area contributed by atoms with E-state index in [0.717, 1.165) is 32.4 Å². The Morgan fingerprint density at radius 3 is 2.50 bits per heavy atom. The van der Waals surface area contributed by atoms with Crippen LogP contribution in [-0.4, -0.2) is 46.7 Å². The highest BCUT2D eigenvalue weighted by atomic mass is 16.4. The summed E-state index contributed by atoms with van der Waals surface area (Å²) in [4.78, 5) is 13.9. The number of rotatable bonds is 9. The fourth-order valence-electron chi connectivity index (χ4n) is 2.58. The zero-order valence-corrected chi connectivity index (χ0v) is 12.2. The van der Waals surface area contributed by atoms with Gasteiger partial charge in [0.05, 0.1) is 0 Å². The van der Waals surface area contributed by atoms with E-state index in [-0.39, 0.29) is 0 Å². The summed E-state index contributed by atoms with van der Waals surface area (Å²) in [6.45, 7) is 10.3. The highest BCUT2D eigenvalue weighted by Gasteiger charge is 2.40. The largest absolute Gasteiger partial charge is 0.480 e. The highest BCUT2D eigenvalue weighted by molar-refractivity contribution is 5.78. The van der Waals surface area contributed by atoms with Crippen molar-refractivity contribution in [3.63, 3.8) is 0 Å². The number of carbonyl (C=O) groups is 1. The van der Waals surface area contributed by atoms with Gasteiger partial charge in [-0.25, -0.2) is 0 Å². The molecule has 1 aliphatic rings. The zero-order valence-electron chi connectivity index (χ0n) is 12.2. The Hall–Kier alpha value is -0.610. The summed E-state index contributed by atoms with van der Waals surface area (Å²) >= 11 is 0. The number of carboxylic acid groups (broad SMARTS) is 1. The van der Waals surface area contributed by atoms with E-state index >= 15 is 0 Å². The van der Waals surface area contributed by atoms with Gasteiger partial charge in [-0.3, -0.25) is 10.1 Å². The van der Waals surface area contributed by atoms with Crippen LogP contribution in [0.1, 0.15) is 53.4 Å². The molecule has 18 heavy (non-hydrogen) atoms. The van der Waals surface area contributed by atoms with Gasteiger partial charge >= 0.3 is 5.97 Å². The molecular formula is C14H28N2O2. The summed E-state index contributed by atoms with van der Waals surface area (Å²) in [6.07, 6.45) is 4.00. The molecule has 1 fully saturated rings. The molecule has 0 aromatic heterocycles. The second kappa shape index (κ2) is 6.53. The maximum absolute atomic E-state index is 11.5. The SMILES string of the molecule is CCCN(CC)C(C)CC(C)(NC1CC1)C(=O)O. The predicted molar refractivity (Wildman–Crippen MR) is 73.8 cm³/mol. The van der Waals surface area contributed by atoms with Crippen molar-refractivity contribution in [2.75, 3.05) is 13.1 Å². The number of nitrogens with zero attached hydrogens (tertiary/aromatic N) is 1. The second-order valence-corrected chi connectivity index (χ2v) is 5.74. The molecule has 0 saturated heterocycles. The quantitative estimate of drug-likeness (QED) is 0.663. The smallest absolute Gasteiger partial charge is 0.323 e. The lowest BCUT2D eigenvalue weighted by molar-refractivity contribution is -0.145. The average molecular weight is 256 g/mol. The van der Waals surface area contributed by atoms with Crippen molar-refractivity contribution in [1.29, 1.82) is 0 Å². The van der Waals surface area contributed by atoms with E-state index in [0.29, 0.717) is 18.5 Å². The van der Waals surface area contributed by atoms with Crippen LogP contribution in [0.25, 0.3) is 0 Å². The van der Waals surface area contributed by atoms with Crippen LogP contribution >= 0.6 is 0 Å². The first-order valence-electron chi connectivity index (χ1n) is 7.18. The Morgan fingerprint density at radius 1 is 1.50 bits per heavy atom. The Balaban J connectivity index is 2.60. The van der Waals surface area contributed by atoms with Crippen molar-refractivity contribution >= 4 is 5.97 Å². The zero-order chi connectivity index (χ0) is 13.8. The molecular weight excluding hydrogens is 228 g/mol. The minimum absolute atomic E-state index is 0.294. The van der Waals surface area contributed by atoms with Gasteiger partial charge in [-0.2, -0.15) is 0 Å². The first-order valence-corrected chi connectivity index (χ1v) is 7.18. The Labute approximate surface area is 111 Å². The molecule has 4 heteroatoms. The lowest BCUT2D eigenvalue weighted by Crippen LogP contribution is -2.54. The van der Waals surface area contributed by atoms with E-state index in [1.165, 1.54) is 0 Å². The summed E-state index contributed by atoms with van der Waals surface area (Å²) in [6, 6.07) is 0.710. The fourth-order valence-corrected chi connectivity index (χ4v) is 2.58. The molecule has 0 radical (unpaired) electrons. The van der Waals surface area contributed by atoms with E-state index in [2.05, 4.69) is 31.0 Å². The average Bonchev–Trinajstić information content (AvgIpc) is 3.08. The van der Waals surface area contributed by atoms with Crippen LogP contribution < -0.4 is 5.32 Å². The molecule has 2 N–H and O–H groups in total. The van der Waals surface area contributed by atoms with Gasteiger partial charge in [0.25, 0.3) is 0 Å². The molecule has 1 aliphatic carbocycles. The number of aliphatic carboxylic acids is 1. The standard InChI is InChI=1S/C14H28N2O2/c1-5-9-16(6-2)11(3)10-14(4,13(17)18)15-12-7-8-12/h11-12,15H,5-10H2,1-4H3,(H,17,18). The van der Waals surface area contributed by atoms with Crippen molar-refractivity contribution in [3.8, 4) is 0 Å². The highest BCUT2D eigenvalue weighted by Crippen LogP contribution is 2.26. The summed E-state index contributed by atoms with van der Waals surface area (Å²) in [5.41, 5.74) is -0.790. The minimum atomic E-state index is -0.790. The van der Waals surface area contributed by atoms with Crippen molar-refractivity contribution in [1.82, 2.24) is 10.2 Å². The van der Waals surface area contributed by atoms with Crippen molar-refractivity contribution in [2.24, 2.45) is 0 Å². The Kier molecular flexibility index (Phi) is 5.60. The van der Waals surface area contributed by atoms with E-state index < -0.39 is 11.5 Å². The molecule has 0 aromatic carbocycles. The van der Waals surface area contributed by atoms with Gasteiger partial charge in [0.2, 0.25) is 0 Å². The fraction of sp³-hybridized carbons (Fsp3) is 0.929. The maximum Gasteiger partial charge on any atom is 0.323 e. The summed E-state index contributed by atoms with van der Waals surface area (Å²) in [7, 11) is 0. The summed E-state index contributed by atoms with van der Waals surface area (Å²) in [5.74, 6) is -0.728. The molecule has 0 amide bonds. The van der Waals surface area contributed by atoms with Crippen LogP contribution in [0.4, 0.5) is 0 Å². The maximum atomic E-state index is 11.5. The number of nitrogens with one attached hydrogen (secondary N) is 1. The van der Waals surface area contributed by atoms with Gasteiger partial charge < -0.3 is 10.0 Å². The molecule has 0 spiro atoms. The van der Waals surface area contributed by atoms with Crippen molar-refractivity contribution in [3.05, 3.63) is 0 Å². The topological polar surface area (TPSA) is 52.6 Å². The number of hydrogen-bond donors (Lipinski definition) is 2. The van der Waals surface area contributed by atoms with Gasteiger partial charge in [0.15, 0.2) is 0 Å². The Morgan fingerprint density at radius 2 is 2.11 bits per heavy atom. The van der Waals surface area contributed by atoms with E-state index in [9.17, 15) is 9.90 Å². The van der Waals surface area contributed by atoms with Gasteiger partial charge in [-0.1, -0.05) is 13.8 Å². The lowest BCUT2D eigenvalue weighted by atomic mass is 9.92. The van der Waals surface area contributed by atoms with Gasteiger partial charge in [-0.05, 0) is 52.6 Å². The molecule has 0 aliphatic heterocycles. The van der Waals surface area contributed by atoms with Crippen LogP contribution in [0.5, 0.6) is 0 Å². The molecule has 2 atom stereocenters. The third kappa shape index (κ3) is 4.25. The molecule has 1 saturated carbocycles. The second-order valence-electron chi connectivity index (χ2n) is 5.74. The van der Waals surface area contributed by atoms with Gasteiger partial charge in [0.1, 0.15) is 5.54 Å². The van der Waals surface area contributed by atoms with Crippen molar-refractivity contribution < 1.29 is 9.90 Å². The lowest BCUT2D eigenvalue weighted by Gasteiger charge is -2.35. The molecule has 0 bridgehead atoms. The molecule has 2 unspecified atom stereocenters. The summed E-state index contributed by atoms with van der Waals surface area (Å²) in [5, 5.41) is 12.8. The van der Waals surface area contributed by atoms with Crippen LogP contribution in [0, 0.1) is 0 Å². The molecule has 4 nitrogen and oxygen atoms in total. The third-order valence-corrected chi connectivity index (χ3v) is 3.82. The first kappa shape index (κ1) is 15.4. The number of carboxylic acids is 1. The molecule has 1 rings (SSSR count). The van der Waals surface area contributed by atoms with Gasteiger partial charge in [-0.15, -0.1) is 0 Å². The monoisotopic (exact) mass is 256 g/mol. The Bertz CT molecular complexity index is 279. The predicted octanol–water partition coefficient (Wildman–Crippen LogP) is 2.09. The number of hydrogen-bond acceptors (Lipinski definition) is 3. The molecule has 0 aromatic rings. The minimum Gasteiger partial charge on any atom is -0.480 e. The summed E-state index contributed by atoms with van der Waals surface area (Å²) < 4.78 is 0. The normalized spacial score (nSPS) is 20.7. The van der Waals surface area contributed by atoms with E-state index in [1.807, 2.05) is 6.92 Å². The third-order valence-electron chi connectivity index (χ3n) is 3.82. The van der Waals surface area contributed by atoms with E-state index in [4.69, 9.17) is 0 Å². The van der Waals surface area contributed by atoms with Crippen LogP contribution in [0.2, 0.25) is 0 Å². The van der Waals surface area contributed by atoms with Gasteiger partial charge in [0, 0.05) is 12.1 Å². The molecule has 0 heterocycles. The first-order chi connectivity index (χ1) is 8.42. The van der Waals surface area contributed by atoms with E-state index in [1.54, 1.807) is 0 Å².